The molecular formula is C18H15FN4O3. The van der Waals surface area contributed by atoms with Crippen LogP contribution in [0, 0.1) is 23.0 Å². The Hall–Kier alpha value is -3.55. The van der Waals surface area contributed by atoms with Crippen molar-refractivity contribution < 1.29 is 14.1 Å². The lowest BCUT2D eigenvalue weighted by Gasteiger charge is -2.11. The van der Waals surface area contributed by atoms with Gasteiger partial charge in [-0.1, -0.05) is 30.3 Å². The molecule has 132 valence electrons. The molecule has 1 N–H and O–H groups in total. The van der Waals surface area contributed by atoms with Gasteiger partial charge >= 0.3 is 0 Å². The van der Waals surface area contributed by atoms with Crippen LogP contribution in [0.15, 0.2) is 48.5 Å². The zero-order valence-electron chi connectivity index (χ0n) is 14.1. The minimum absolute atomic E-state index is 0.0576. The van der Waals surface area contributed by atoms with E-state index in [1.807, 2.05) is 0 Å². The van der Waals surface area contributed by atoms with Crippen LogP contribution in [0.4, 0.5) is 15.8 Å². The molecule has 1 heterocycles. The molecule has 3 rings (SSSR count). The van der Waals surface area contributed by atoms with Gasteiger partial charge in [-0.3, -0.25) is 14.9 Å². The van der Waals surface area contributed by atoms with Crippen molar-refractivity contribution in [2.24, 2.45) is 7.05 Å². The van der Waals surface area contributed by atoms with E-state index in [4.69, 9.17) is 0 Å². The highest BCUT2D eigenvalue weighted by molar-refractivity contribution is 6.07. The van der Waals surface area contributed by atoms with Gasteiger partial charge in [0.05, 0.1) is 10.6 Å². The molecule has 0 fully saturated rings. The number of non-ortho nitro benzene ring substituents is 1. The molecule has 26 heavy (non-hydrogen) atoms. The Labute approximate surface area is 148 Å². The first kappa shape index (κ1) is 17.3. The van der Waals surface area contributed by atoms with E-state index in [-0.39, 0.29) is 16.9 Å². The van der Waals surface area contributed by atoms with Crippen LogP contribution in [0.3, 0.4) is 0 Å². The standard InChI is InChI=1S/C18H15FN4O3/c1-11-16(17(19)22(2)21-11)18(24)20-15-9-4-3-8-14(15)12-6-5-7-13(10-12)23(25)26/h3-10H,1-2H3,(H,20,24). The lowest BCUT2D eigenvalue weighted by Crippen LogP contribution is -2.15. The largest absolute Gasteiger partial charge is 0.321 e. The maximum Gasteiger partial charge on any atom is 0.270 e. The zero-order chi connectivity index (χ0) is 18.8. The molecule has 1 aromatic heterocycles. The summed E-state index contributed by atoms with van der Waals surface area (Å²) >= 11 is 0. The molecule has 0 aliphatic rings. The second kappa shape index (κ2) is 6.75. The summed E-state index contributed by atoms with van der Waals surface area (Å²) in [6.07, 6.45) is 0. The van der Waals surface area contributed by atoms with Crippen molar-refractivity contribution in [2.45, 2.75) is 6.92 Å². The van der Waals surface area contributed by atoms with Gasteiger partial charge in [-0.05, 0) is 18.6 Å². The highest BCUT2D eigenvalue weighted by atomic mass is 19.1. The normalized spacial score (nSPS) is 10.6. The molecule has 1 amide bonds. The van der Waals surface area contributed by atoms with Gasteiger partial charge in [0.15, 0.2) is 0 Å². The van der Waals surface area contributed by atoms with Crippen LogP contribution in [-0.2, 0) is 7.05 Å². The molecular weight excluding hydrogens is 339 g/mol. The topological polar surface area (TPSA) is 90.1 Å². The number of halogens is 1. The highest BCUT2D eigenvalue weighted by Gasteiger charge is 2.21. The third-order valence-corrected chi connectivity index (χ3v) is 3.92. The van der Waals surface area contributed by atoms with Crippen LogP contribution in [0.5, 0.6) is 0 Å². The number of aromatic nitrogens is 2. The monoisotopic (exact) mass is 354 g/mol. The van der Waals surface area contributed by atoms with E-state index in [2.05, 4.69) is 10.4 Å². The summed E-state index contributed by atoms with van der Waals surface area (Å²) in [6, 6.07) is 12.9. The summed E-state index contributed by atoms with van der Waals surface area (Å²) in [5, 5.41) is 17.6. The molecule has 2 aromatic carbocycles. The van der Waals surface area contributed by atoms with Crippen LogP contribution in [0.2, 0.25) is 0 Å². The number of carbonyl (C=O) groups excluding carboxylic acids is 1. The first-order valence-corrected chi connectivity index (χ1v) is 7.73. The number of benzene rings is 2. The number of nitrogens with one attached hydrogen (secondary N) is 1. The number of rotatable bonds is 4. The Balaban J connectivity index is 1.99. The van der Waals surface area contributed by atoms with E-state index in [1.165, 1.54) is 19.2 Å². The van der Waals surface area contributed by atoms with Gasteiger partial charge in [0, 0.05) is 30.4 Å². The number of nitro benzene ring substituents is 1. The van der Waals surface area contributed by atoms with Gasteiger partial charge in [0.1, 0.15) is 5.56 Å². The second-order valence-corrected chi connectivity index (χ2v) is 5.68. The van der Waals surface area contributed by atoms with Crippen LogP contribution in [0.1, 0.15) is 16.1 Å². The van der Waals surface area contributed by atoms with Crippen LogP contribution in [0.25, 0.3) is 11.1 Å². The Bertz CT molecular complexity index is 1010. The minimum atomic E-state index is -0.729. The summed E-state index contributed by atoms with van der Waals surface area (Å²) in [5.74, 6) is -1.36. The number of nitrogens with zero attached hydrogens (tertiary/aromatic N) is 3. The van der Waals surface area contributed by atoms with Crippen molar-refractivity contribution >= 4 is 17.3 Å². The van der Waals surface area contributed by atoms with Crippen LogP contribution >= 0.6 is 0 Å². The lowest BCUT2D eigenvalue weighted by atomic mass is 10.0. The van der Waals surface area contributed by atoms with Gasteiger partial charge in [-0.15, -0.1) is 0 Å². The Morgan fingerprint density at radius 1 is 1.23 bits per heavy atom. The summed E-state index contributed by atoms with van der Waals surface area (Å²) in [4.78, 5) is 23.0. The number of hydrogen-bond acceptors (Lipinski definition) is 4. The number of aryl methyl sites for hydroxylation is 2. The number of amides is 1. The predicted octanol–water partition coefficient (Wildman–Crippen LogP) is 3.70. The molecule has 3 aromatic rings. The van der Waals surface area contributed by atoms with Gasteiger partial charge in [-0.2, -0.15) is 9.49 Å². The van der Waals surface area contributed by atoms with E-state index < -0.39 is 16.8 Å². The van der Waals surface area contributed by atoms with Crippen LogP contribution < -0.4 is 5.32 Å². The molecule has 0 unspecified atom stereocenters. The van der Waals surface area contributed by atoms with Crippen molar-refractivity contribution in [3.8, 4) is 11.1 Å². The quantitative estimate of drug-likeness (QED) is 0.571. The van der Waals surface area contributed by atoms with Gasteiger partial charge in [0.2, 0.25) is 5.95 Å². The summed E-state index contributed by atoms with van der Waals surface area (Å²) in [6.45, 7) is 1.55. The average Bonchev–Trinajstić information content (AvgIpc) is 2.87. The minimum Gasteiger partial charge on any atom is -0.321 e. The van der Waals surface area contributed by atoms with E-state index in [9.17, 15) is 19.3 Å². The number of hydrogen-bond donors (Lipinski definition) is 1. The van der Waals surface area contributed by atoms with E-state index in [0.29, 0.717) is 16.8 Å². The van der Waals surface area contributed by atoms with Crippen molar-refractivity contribution in [3.05, 3.63) is 75.9 Å². The smallest absolute Gasteiger partial charge is 0.270 e. The fourth-order valence-corrected chi connectivity index (χ4v) is 2.70. The SMILES string of the molecule is Cc1nn(C)c(F)c1C(=O)Nc1ccccc1-c1cccc([N+](=O)[O-])c1. The third kappa shape index (κ3) is 3.16. The maximum absolute atomic E-state index is 14.1. The van der Waals surface area contributed by atoms with Crippen molar-refractivity contribution in [3.63, 3.8) is 0 Å². The summed E-state index contributed by atoms with van der Waals surface area (Å²) < 4.78 is 15.1. The second-order valence-electron chi connectivity index (χ2n) is 5.68. The number of anilines is 1. The molecule has 0 aliphatic heterocycles. The third-order valence-electron chi connectivity index (χ3n) is 3.92. The molecule has 8 heteroatoms. The fourth-order valence-electron chi connectivity index (χ4n) is 2.70. The average molecular weight is 354 g/mol. The van der Waals surface area contributed by atoms with Crippen LogP contribution in [-0.4, -0.2) is 20.6 Å². The fraction of sp³-hybridized carbons (Fsp3) is 0.111. The molecule has 0 radical (unpaired) electrons. The van der Waals surface area contributed by atoms with Crippen molar-refractivity contribution in [2.75, 3.05) is 5.32 Å². The molecule has 0 atom stereocenters. The molecule has 7 nitrogen and oxygen atoms in total. The zero-order valence-corrected chi connectivity index (χ0v) is 14.1. The highest BCUT2D eigenvalue weighted by Crippen LogP contribution is 2.30. The van der Waals surface area contributed by atoms with Crippen molar-refractivity contribution in [1.29, 1.82) is 0 Å². The molecule has 0 saturated carbocycles. The number of carbonyl (C=O) groups is 1. The number of nitro groups is 1. The molecule has 0 bridgehead atoms. The van der Waals surface area contributed by atoms with E-state index in [1.54, 1.807) is 43.3 Å². The first-order valence-electron chi connectivity index (χ1n) is 7.73. The maximum atomic E-state index is 14.1. The van der Waals surface area contributed by atoms with Gasteiger partial charge in [0.25, 0.3) is 11.6 Å². The summed E-state index contributed by atoms with van der Waals surface area (Å²) in [5.41, 5.74) is 1.65. The summed E-state index contributed by atoms with van der Waals surface area (Å²) in [7, 11) is 1.41. The Morgan fingerprint density at radius 3 is 2.62 bits per heavy atom. The lowest BCUT2D eigenvalue weighted by molar-refractivity contribution is -0.384. The Morgan fingerprint density at radius 2 is 1.96 bits per heavy atom. The molecule has 0 spiro atoms. The van der Waals surface area contributed by atoms with Gasteiger partial charge in [-0.25, -0.2) is 4.68 Å². The first-order chi connectivity index (χ1) is 12.4. The predicted molar refractivity (Wildman–Crippen MR) is 94.4 cm³/mol. The van der Waals surface area contributed by atoms with Gasteiger partial charge < -0.3 is 5.32 Å². The van der Waals surface area contributed by atoms with Crippen molar-refractivity contribution in [1.82, 2.24) is 9.78 Å². The van der Waals surface area contributed by atoms with E-state index >= 15 is 0 Å². The molecule has 0 aliphatic carbocycles. The Kier molecular flexibility index (Phi) is 4.49. The number of para-hydroxylation sites is 1. The molecule has 0 saturated heterocycles. The van der Waals surface area contributed by atoms with E-state index in [0.717, 1.165) is 4.68 Å².